The van der Waals surface area contributed by atoms with Gasteiger partial charge >= 0.3 is 5.97 Å². The van der Waals surface area contributed by atoms with Crippen LogP contribution in [0.4, 0.5) is 0 Å². The fourth-order valence-electron chi connectivity index (χ4n) is 2.87. The number of carbonyl (C=O) groups excluding carboxylic acids is 2. The van der Waals surface area contributed by atoms with Gasteiger partial charge in [-0.2, -0.15) is 0 Å². The first-order chi connectivity index (χ1) is 12.7. The third-order valence-corrected chi connectivity index (χ3v) is 4.20. The second-order valence-electron chi connectivity index (χ2n) is 6.79. The number of rotatable bonds is 6. The molecule has 0 N–H and O–H groups in total. The summed E-state index contributed by atoms with van der Waals surface area (Å²) in [6, 6.07) is 2.92. The summed E-state index contributed by atoms with van der Waals surface area (Å²) in [7, 11) is 1.46. The third kappa shape index (κ3) is 5.74. The number of ether oxygens (including phenoxy) is 4. The monoisotopic (exact) mass is 399 g/mol. The molecule has 0 radical (unpaired) electrons. The van der Waals surface area contributed by atoms with Gasteiger partial charge in [0, 0.05) is 13.1 Å². The van der Waals surface area contributed by atoms with E-state index >= 15 is 0 Å². The van der Waals surface area contributed by atoms with Crippen molar-refractivity contribution >= 4 is 23.5 Å². The summed E-state index contributed by atoms with van der Waals surface area (Å²) in [5.41, 5.74) is 0.185. The van der Waals surface area contributed by atoms with Crippen molar-refractivity contribution in [3.8, 4) is 11.5 Å². The number of hydrogen-bond donors (Lipinski definition) is 0. The highest BCUT2D eigenvalue weighted by Gasteiger charge is 2.27. The molecule has 0 bridgehead atoms. The Balaban J connectivity index is 2.03. The van der Waals surface area contributed by atoms with E-state index in [1.807, 2.05) is 27.7 Å². The molecule has 1 aliphatic rings. The minimum absolute atomic E-state index is 0.0510. The van der Waals surface area contributed by atoms with E-state index in [1.54, 1.807) is 4.90 Å². The fourth-order valence-corrected chi connectivity index (χ4v) is 3.13. The van der Waals surface area contributed by atoms with E-state index in [4.69, 9.17) is 30.5 Å². The molecule has 2 atom stereocenters. The smallest absolute Gasteiger partial charge is 0.338 e. The van der Waals surface area contributed by atoms with Crippen LogP contribution in [0.15, 0.2) is 12.1 Å². The van der Waals surface area contributed by atoms with Crippen LogP contribution in [0.1, 0.15) is 38.1 Å². The highest BCUT2D eigenvalue weighted by Crippen LogP contribution is 2.37. The predicted octanol–water partition coefficient (Wildman–Crippen LogP) is 2.93. The first-order valence-corrected chi connectivity index (χ1v) is 9.23. The molecule has 0 aliphatic carbocycles. The molecule has 7 nitrogen and oxygen atoms in total. The van der Waals surface area contributed by atoms with Gasteiger partial charge in [0.15, 0.2) is 18.1 Å². The quantitative estimate of drug-likeness (QED) is 0.685. The highest BCUT2D eigenvalue weighted by atomic mass is 35.5. The molecular weight excluding hydrogens is 374 g/mol. The van der Waals surface area contributed by atoms with Gasteiger partial charge in [-0.15, -0.1) is 0 Å². The van der Waals surface area contributed by atoms with Crippen LogP contribution in [0, 0.1) is 0 Å². The number of benzene rings is 1. The predicted molar refractivity (Wildman–Crippen MR) is 101 cm³/mol. The summed E-state index contributed by atoms with van der Waals surface area (Å²) in [5.74, 6) is -0.236. The molecule has 27 heavy (non-hydrogen) atoms. The van der Waals surface area contributed by atoms with Gasteiger partial charge in [0.25, 0.3) is 5.91 Å². The molecule has 8 heteroatoms. The van der Waals surface area contributed by atoms with Gasteiger partial charge in [0.1, 0.15) is 0 Å². The van der Waals surface area contributed by atoms with E-state index in [0.29, 0.717) is 24.6 Å². The van der Waals surface area contributed by atoms with E-state index in [1.165, 1.54) is 19.2 Å². The van der Waals surface area contributed by atoms with Crippen molar-refractivity contribution in [3.05, 3.63) is 22.7 Å². The molecule has 2 rings (SSSR count). The SMILES string of the molecule is COc1cc(C(=O)OCC(=O)N2C[C@@H](C)O[C@@H](C)C2)cc(Cl)c1OC(C)C. The van der Waals surface area contributed by atoms with Gasteiger partial charge in [-0.1, -0.05) is 11.6 Å². The number of methoxy groups -OCH3 is 1. The summed E-state index contributed by atoms with van der Waals surface area (Å²) in [6.07, 6.45) is -0.208. The summed E-state index contributed by atoms with van der Waals surface area (Å²) in [5, 5.41) is 0.233. The Morgan fingerprint density at radius 2 is 1.89 bits per heavy atom. The van der Waals surface area contributed by atoms with E-state index in [-0.39, 0.29) is 41.4 Å². The standard InChI is InChI=1S/C19H26ClNO6/c1-11(2)26-18-15(20)6-14(7-16(18)24-5)19(23)25-10-17(22)21-8-12(3)27-13(4)9-21/h6-7,11-13H,8-10H2,1-5H3/t12-,13+. The second kappa shape index (κ2) is 9.28. The normalized spacial score (nSPS) is 19.7. The van der Waals surface area contributed by atoms with Gasteiger partial charge in [0.05, 0.1) is 36.0 Å². The zero-order chi connectivity index (χ0) is 20.1. The average Bonchev–Trinajstić information content (AvgIpc) is 2.59. The molecule has 1 saturated heterocycles. The number of esters is 1. The maximum atomic E-state index is 12.3. The summed E-state index contributed by atoms with van der Waals surface area (Å²) >= 11 is 6.22. The maximum absolute atomic E-state index is 12.3. The molecule has 0 spiro atoms. The Hall–Kier alpha value is -1.99. The van der Waals surface area contributed by atoms with E-state index in [0.717, 1.165) is 0 Å². The average molecular weight is 400 g/mol. The lowest BCUT2D eigenvalue weighted by atomic mass is 10.2. The van der Waals surface area contributed by atoms with Gasteiger partial charge in [0.2, 0.25) is 0 Å². The van der Waals surface area contributed by atoms with Gasteiger partial charge in [-0.3, -0.25) is 4.79 Å². The van der Waals surface area contributed by atoms with Crippen molar-refractivity contribution in [2.45, 2.75) is 46.0 Å². The molecule has 0 saturated carbocycles. The van der Waals surface area contributed by atoms with Crippen LogP contribution in [-0.4, -0.2) is 61.9 Å². The highest BCUT2D eigenvalue weighted by molar-refractivity contribution is 6.32. The number of nitrogens with zero attached hydrogens (tertiary/aromatic N) is 1. The Morgan fingerprint density at radius 1 is 1.26 bits per heavy atom. The number of hydrogen-bond acceptors (Lipinski definition) is 6. The van der Waals surface area contributed by atoms with Gasteiger partial charge in [-0.25, -0.2) is 4.79 Å². The van der Waals surface area contributed by atoms with Crippen LogP contribution in [0.25, 0.3) is 0 Å². The molecule has 0 aromatic heterocycles. The molecule has 1 aromatic carbocycles. The summed E-state index contributed by atoms with van der Waals surface area (Å²) in [4.78, 5) is 26.3. The molecule has 1 aliphatic heterocycles. The first kappa shape index (κ1) is 21.3. The summed E-state index contributed by atoms with van der Waals surface area (Å²) < 4.78 is 21.6. The number of amides is 1. The summed E-state index contributed by atoms with van der Waals surface area (Å²) in [6.45, 7) is 8.12. The van der Waals surface area contributed by atoms with E-state index in [2.05, 4.69) is 0 Å². The van der Waals surface area contributed by atoms with Crippen molar-refractivity contribution in [3.63, 3.8) is 0 Å². The van der Waals surface area contributed by atoms with E-state index in [9.17, 15) is 9.59 Å². The van der Waals surface area contributed by atoms with Crippen molar-refractivity contribution in [1.29, 1.82) is 0 Å². The zero-order valence-electron chi connectivity index (χ0n) is 16.3. The van der Waals surface area contributed by atoms with Crippen LogP contribution < -0.4 is 9.47 Å². The lowest BCUT2D eigenvalue weighted by Gasteiger charge is -2.35. The number of carbonyl (C=O) groups is 2. The molecule has 150 valence electrons. The minimum Gasteiger partial charge on any atom is -0.493 e. The lowest BCUT2D eigenvalue weighted by Crippen LogP contribution is -2.49. The van der Waals surface area contributed by atoms with Crippen molar-refractivity contribution in [2.75, 3.05) is 26.8 Å². The minimum atomic E-state index is -0.658. The largest absolute Gasteiger partial charge is 0.493 e. The van der Waals surface area contributed by atoms with Gasteiger partial charge < -0.3 is 23.8 Å². The Bertz CT molecular complexity index is 683. The Labute approximate surface area is 164 Å². The zero-order valence-corrected chi connectivity index (χ0v) is 17.0. The molecule has 1 amide bonds. The Morgan fingerprint density at radius 3 is 2.44 bits per heavy atom. The topological polar surface area (TPSA) is 74.3 Å². The number of halogens is 1. The van der Waals surface area contributed by atoms with Crippen LogP contribution in [0.2, 0.25) is 5.02 Å². The Kier molecular flexibility index (Phi) is 7.33. The molecule has 1 fully saturated rings. The van der Waals surface area contributed by atoms with Crippen molar-refractivity contribution < 1.29 is 28.5 Å². The van der Waals surface area contributed by atoms with Crippen LogP contribution in [0.5, 0.6) is 11.5 Å². The maximum Gasteiger partial charge on any atom is 0.338 e. The van der Waals surface area contributed by atoms with Crippen LogP contribution in [-0.2, 0) is 14.3 Å². The first-order valence-electron chi connectivity index (χ1n) is 8.85. The fraction of sp³-hybridized carbons (Fsp3) is 0.579. The van der Waals surface area contributed by atoms with Crippen LogP contribution in [0.3, 0.4) is 0 Å². The van der Waals surface area contributed by atoms with Crippen molar-refractivity contribution in [1.82, 2.24) is 4.90 Å². The van der Waals surface area contributed by atoms with Crippen LogP contribution >= 0.6 is 11.6 Å². The number of morpholine rings is 1. The van der Waals surface area contributed by atoms with Crippen molar-refractivity contribution in [2.24, 2.45) is 0 Å². The second-order valence-corrected chi connectivity index (χ2v) is 7.20. The van der Waals surface area contributed by atoms with E-state index < -0.39 is 5.97 Å². The molecular formula is C19H26ClNO6. The molecule has 0 unspecified atom stereocenters. The third-order valence-electron chi connectivity index (χ3n) is 3.92. The lowest BCUT2D eigenvalue weighted by molar-refractivity contribution is -0.146. The molecule has 1 aromatic rings. The molecule has 1 heterocycles. The van der Waals surface area contributed by atoms with Gasteiger partial charge in [-0.05, 0) is 39.8 Å².